The zero-order valence-electron chi connectivity index (χ0n) is 14.5. The van der Waals surface area contributed by atoms with E-state index in [1.165, 1.54) is 0 Å². The van der Waals surface area contributed by atoms with E-state index in [0.29, 0.717) is 30.9 Å². The van der Waals surface area contributed by atoms with Crippen molar-refractivity contribution in [3.8, 4) is 5.75 Å². The summed E-state index contributed by atoms with van der Waals surface area (Å²) < 4.78 is 1.76. The van der Waals surface area contributed by atoms with Gasteiger partial charge in [-0.25, -0.2) is 4.68 Å². The first-order valence-electron chi connectivity index (χ1n) is 8.40. The number of hydrogen-bond donors (Lipinski definition) is 2. The van der Waals surface area contributed by atoms with Gasteiger partial charge in [-0.3, -0.25) is 9.88 Å². The first-order chi connectivity index (χ1) is 11.4. The van der Waals surface area contributed by atoms with Gasteiger partial charge in [0.2, 0.25) is 0 Å². The minimum Gasteiger partial charge on any atom is -0.506 e. The molecule has 0 saturated carbocycles. The van der Waals surface area contributed by atoms with E-state index in [2.05, 4.69) is 20.2 Å². The van der Waals surface area contributed by atoms with Crippen LogP contribution in [0.25, 0.3) is 0 Å². The normalized spacial score (nSPS) is 22.2. The SMILES string of the molecule is Cc1ccc(O)c(CN2CCC[C@@](O)(c3cn(C(C)C)nn3)C2)n1. The number of pyridine rings is 1. The molecule has 7 nitrogen and oxygen atoms in total. The summed E-state index contributed by atoms with van der Waals surface area (Å²) in [5.74, 6) is 0.195. The Bertz CT molecular complexity index is 715. The Kier molecular flexibility index (Phi) is 4.56. The summed E-state index contributed by atoms with van der Waals surface area (Å²) in [6.45, 7) is 7.78. The van der Waals surface area contributed by atoms with Gasteiger partial charge in [0.05, 0.1) is 11.9 Å². The second-order valence-electron chi connectivity index (χ2n) is 6.94. The van der Waals surface area contributed by atoms with Gasteiger partial charge in [-0.2, -0.15) is 0 Å². The number of aromatic hydroxyl groups is 1. The zero-order chi connectivity index (χ0) is 17.3. The van der Waals surface area contributed by atoms with Gasteiger partial charge in [-0.1, -0.05) is 5.21 Å². The van der Waals surface area contributed by atoms with Gasteiger partial charge in [0.15, 0.2) is 0 Å². The lowest BCUT2D eigenvalue weighted by atomic mass is 9.90. The monoisotopic (exact) mass is 331 g/mol. The maximum Gasteiger partial charge on any atom is 0.138 e. The zero-order valence-corrected chi connectivity index (χ0v) is 14.5. The molecule has 0 bridgehead atoms. The van der Waals surface area contributed by atoms with Gasteiger partial charge >= 0.3 is 0 Å². The number of hydrogen-bond acceptors (Lipinski definition) is 6. The van der Waals surface area contributed by atoms with E-state index in [9.17, 15) is 10.2 Å². The Morgan fingerprint density at radius 3 is 2.83 bits per heavy atom. The number of rotatable bonds is 4. The van der Waals surface area contributed by atoms with E-state index in [1.54, 1.807) is 16.8 Å². The average Bonchev–Trinajstić information content (AvgIpc) is 3.02. The van der Waals surface area contributed by atoms with Gasteiger partial charge in [0.25, 0.3) is 0 Å². The highest BCUT2D eigenvalue weighted by molar-refractivity contribution is 5.27. The molecule has 0 aromatic carbocycles. The summed E-state index contributed by atoms with van der Waals surface area (Å²) in [4.78, 5) is 6.52. The van der Waals surface area contributed by atoms with Crippen molar-refractivity contribution >= 4 is 0 Å². The van der Waals surface area contributed by atoms with E-state index < -0.39 is 5.60 Å². The fourth-order valence-electron chi connectivity index (χ4n) is 3.14. The molecule has 2 aromatic rings. The van der Waals surface area contributed by atoms with E-state index in [0.717, 1.165) is 18.7 Å². The highest BCUT2D eigenvalue weighted by Gasteiger charge is 2.37. The third kappa shape index (κ3) is 3.42. The van der Waals surface area contributed by atoms with Crippen molar-refractivity contribution in [3.05, 3.63) is 35.4 Å². The van der Waals surface area contributed by atoms with Crippen LogP contribution in [-0.4, -0.2) is 48.2 Å². The molecule has 1 aliphatic heterocycles. The van der Waals surface area contributed by atoms with Gasteiger partial charge in [-0.15, -0.1) is 5.10 Å². The van der Waals surface area contributed by atoms with Crippen molar-refractivity contribution in [2.24, 2.45) is 0 Å². The lowest BCUT2D eigenvalue weighted by Crippen LogP contribution is -2.46. The summed E-state index contributed by atoms with van der Waals surface area (Å²) in [6.07, 6.45) is 3.35. The molecule has 24 heavy (non-hydrogen) atoms. The number of piperidine rings is 1. The summed E-state index contributed by atoms with van der Waals surface area (Å²) in [5.41, 5.74) is 1.12. The van der Waals surface area contributed by atoms with Crippen LogP contribution in [0.3, 0.4) is 0 Å². The maximum absolute atomic E-state index is 11.1. The minimum absolute atomic E-state index is 0.195. The molecule has 0 aliphatic carbocycles. The molecule has 2 N–H and O–H groups in total. The Labute approximate surface area is 141 Å². The van der Waals surface area contributed by atoms with Crippen LogP contribution in [0.4, 0.5) is 0 Å². The predicted molar refractivity (Wildman–Crippen MR) is 89.5 cm³/mol. The second kappa shape index (κ2) is 6.49. The molecule has 130 valence electrons. The predicted octanol–water partition coefficient (Wildman–Crippen LogP) is 1.75. The van der Waals surface area contributed by atoms with E-state index in [1.807, 2.05) is 27.0 Å². The second-order valence-corrected chi connectivity index (χ2v) is 6.94. The van der Waals surface area contributed by atoms with Crippen LogP contribution in [0.1, 0.15) is 49.8 Å². The topological polar surface area (TPSA) is 87.3 Å². The summed E-state index contributed by atoms with van der Waals surface area (Å²) in [7, 11) is 0. The third-order valence-corrected chi connectivity index (χ3v) is 4.53. The van der Waals surface area contributed by atoms with E-state index in [-0.39, 0.29) is 11.8 Å². The lowest BCUT2D eigenvalue weighted by molar-refractivity contribution is -0.0419. The fourth-order valence-corrected chi connectivity index (χ4v) is 3.14. The summed E-state index contributed by atoms with van der Waals surface area (Å²) >= 11 is 0. The minimum atomic E-state index is -1.01. The molecule has 1 aliphatic rings. The first-order valence-corrected chi connectivity index (χ1v) is 8.40. The van der Waals surface area contributed by atoms with Gasteiger partial charge in [0, 0.05) is 24.8 Å². The standard InChI is InChI=1S/C17H25N5O2/c1-12(2)22-10-16(19-20-22)17(24)7-4-8-21(11-17)9-14-15(23)6-5-13(3)18-14/h5-6,10,12,23-24H,4,7-9,11H2,1-3H3/t17-/m0/s1. The van der Waals surface area contributed by atoms with Crippen LogP contribution in [0.2, 0.25) is 0 Å². The molecule has 0 unspecified atom stereocenters. The molecule has 0 amide bonds. The largest absolute Gasteiger partial charge is 0.506 e. The van der Waals surface area contributed by atoms with Crippen molar-refractivity contribution in [2.45, 2.75) is 51.8 Å². The fraction of sp³-hybridized carbons (Fsp3) is 0.588. The highest BCUT2D eigenvalue weighted by atomic mass is 16.3. The van der Waals surface area contributed by atoms with E-state index >= 15 is 0 Å². The Morgan fingerprint density at radius 2 is 2.12 bits per heavy atom. The molecule has 7 heteroatoms. The Morgan fingerprint density at radius 1 is 1.33 bits per heavy atom. The van der Waals surface area contributed by atoms with Crippen molar-refractivity contribution in [2.75, 3.05) is 13.1 Å². The van der Waals surface area contributed by atoms with Crippen LogP contribution in [0.15, 0.2) is 18.3 Å². The van der Waals surface area contributed by atoms with Crippen molar-refractivity contribution < 1.29 is 10.2 Å². The number of aliphatic hydroxyl groups is 1. The molecular weight excluding hydrogens is 306 g/mol. The molecule has 1 atom stereocenters. The molecule has 1 fully saturated rings. The molecule has 3 heterocycles. The number of nitrogens with zero attached hydrogens (tertiary/aromatic N) is 5. The van der Waals surface area contributed by atoms with Gasteiger partial charge in [0.1, 0.15) is 17.0 Å². The maximum atomic E-state index is 11.1. The molecule has 0 radical (unpaired) electrons. The highest BCUT2D eigenvalue weighted by Crippen LogP contribution is 2.31. The molecule has 1 saturated heterocycles. The van der Waals surface area contributed by atoms with Crippen molar-refractivity contribution in [1.29, 1.82) is 0 Å². The van der Waals surface area contributed by atoms with Crippen LogP contribution in [0, 0.1) is 6.92 Å². The number of aryl methyl sites for hydroxylation is 1. The Hall–Kier alpha value is -1.99. The van der Waals surface area contributed by atoms with Crippen LogP contribution >= 0.6 is 0 Å². The molecule has 0 spiro atoms. The summed E-state index contributed by atoms with van der Waals surface area (Å²) in [6, 6.07) is 3.67. The first kappa shape index (κ1) is 16.9. The summed E-state index contributed by atoms with van der Waals surface area (Å²) in [5, 5.41) is 29.4. The van der Waals surface area contributed by atoms with Gasteiger partial charge < -0.3 is 10.2 Å². The molecular formula is C17H25N5O2. The lowest BCUT2D eigenvalue weighted by Gasteiger charge is -2.37. The van der Waals surface area contributed by atoms with Crippen LogP contribution in [0.5, 0.6) is 5.75 Å². The quantitative estimate of drug-likeness (QED) is 0.887. The van der Waals surface area contributed by atoms with Crippen molar-refractivity contribution in [3.63, 3.8) is 0 Å². The third-order valence-electron chi connectivity index (χ3n) is 4.53. The number of aromatic nitrogens is 4. The number of β-amino-alcohol motifs (C(OH)–C–C–N with tert-alkyl or cyclic N) is 1. The van der Waals surface area contributed by atoms with Crippen LogP contribution < -0.4 is 0 Å². The van der Waals surface area contributed by atoms with Gasteiger partial charge in [-0.05, 0) is 52.3 Å². The van der Waals surface area contributed by atoms with E-state index in [4.69, 9.17) is 0 Å². The molecule has 3 rings (SSSR count). The van der Waals surface area contributed by atoms with Crippen LogP contribution in [-0.2, 0) is 12.1 Å². The average molecular weight is 331 g/mol. The Balaban J connectivity index is 1.76. The smallest absolute Gasteiger partial charge is 0.138 e. The number of likely N-dealkylation sites (tertiary alicyclic amines) is 1. The van der Waals surface area contributed by atoms with Crippen molar-refractivity contribution in [1.82, 2.24) is 24.9 Å². The molecule has 2 aromatic heterocycles.